The number of carbonyl (C=O) groups excluding carboxylic acids is 1. The van der Waals surface area contributed by atoms with Crippen LogP contribution in [0.5, 0.6) is 5.88 Å². The van der Waals surface area contributed by atoms with Crippen LogP contribution in [-0.4, -0.2) is 28.2 Å². The number of rotatable bonds is 4. The Kier molecular flexibility index (Phi) is 3.65. The van der Waals surface area contributed by atoms with Crippen LogP contribution < -0.4 is 15.8 Å². The zero-order valence-corrected chi connectivity index (χ0v) is 10.7. The molecule has 19 heavy (non-hydrogen) atoms. The standard InChI is InChI=1S/C12H15N5O2/c1-7-10(13)11(17-16-7)12(18)15-6-8-3-4-9(19-2)14-5-8/h3-5H,6,13H2,1-2H3,(H,15,18)(H,16,17). The third kappa shape index (κ3) is 2.82. The number of carbonyl (C=O) groups is 1. The van der Waals surface area contributed by atoms with Crippen LogP contribution in [0.2, 0.25) is 0 Å². The van der Waals surface area contributed by atoms with Gasteiger partial charge >= 0.3 is 0 Å². The van der Waals surface area contributed by atoms with Gasteiger partial charge in [-0.1, -0.05) is 6.07 Å². The van der Waals surface area contributed by atoms with Crippen LogP contribution in [0.25, 0.3) is 0 Å². The summed E-state index contributed by atoms with van der Waals surface area (Å²) >= 11 is 0. The Hall–Kier alpha value is -2.57. The molecule has 0 atom stereocenters. The number of nitrogens with zero attached hydrogens (tertiary/aromatic N) is 2. The number of hydrogen-bond acceptors (Lipinski definition) is 5. The van der Waals surface area contributed by atoms with Crippen LogP contribution in [-0.2, 0) is 6.54 Å². The van der Waals surface area contributed by atoms with Crippen molar-refractivity contribution in [2.75, 3.05) is 12.8 Å². The number of ether oxygens (including phenoxy) is 1. The van der Waals surface area contributed by atoms with Crippen molar-refractivity contribution < 1.29 is 9.53 Å². The van der Waals surface area contributed by atoms with E-state index in [-0.39, 0.29) is 11.6 Å². The van der Waals surface area contributed by atoms with E-state index in [0.717, 1.165) is 5.56 Å². The molecule has 2 rings (SSSR count). The minimum Gasteiger partial charge on any atom is -0.481 e. The fourth-order valence-corrected chi connectivity index (χ4v) is 1.51. The van der Waals surface area contributed by atoms with Crippen molar-refractivity contribution in [1.29, 1.82) is 0 Å². The molecule has 0 spiro atoms. The predicted molar refractivity (Wildman–Crippen MR) is 69.7 cm³/mol. The highest BCUT2D eigenvalue weighted by molar-refractivity contribution is 5.97. The first kappa shape index (κ1) is 12.9. The topological polar surface area (TPSA) is 106 Å². The fourth-order valence-electron chi connectivity index (χ4n) is 1.51. The zero-order valence-electron chi connectivity index (χ0n) is 10.7. The normalized spacial score (nSPS) is 10.2. The number of hydrogen-bond donors (Lipinski definition) is 3. The molecule has 100 valence electrons. The number of aryl methyl sites for hydroxylation is 1. The molecule has 0 bridgehead atoms. The van der Waals surface area contributed by atoms with Crippen molar-refractivity contribution in [3.05, 3.63) is 35.3 Å². The molecular weight excluding hydrogens is 246 g/mol. The molecule has 7 heteroatoms. The molecule has 0 aliphatic rings. The number of amides is 1. The van der Waals surface area contributed by atoms with Crippen LogP contribution >= 0.6 is 0 Å². The first-order valence-corrected chi connectivity index (χ1v) is 5.69. The van der Waals surface area contributed by atoms with Gasteiger partial charge < -0.3 is 15.8 Å². The molecule has 0 aliphatic carbocycles. The van der Waals surface area contributed by atoms with E-state index in [2.05, 4.69) is 20.5 Å². The van der Waals surface area contributed by atoms with E-state index >= 15 is 0 Å². The van der Waals surface area contributed by atoms with Gasteiger partial charge in [0.05, 0.1) is 18.5 Å². The lowest BCUT2D eigenvalue weighted by molar-refractivity contribution is 0.0947. The van der Waals surface area contributed by atoms with Crippen molar-refractivity contribution in [2.45, 2.75) is 13.5 Å². The lowest BCUT2D eigenvalue weighted by Crippen LogP contribution is -2.24. The highest BCUT2D eigenvalue weighted by Crippen LogP contribution is 2.12. The van der Waals surface area contributed by atoms with Gasteiger partial charge in [-0.3, -0.25) is 9.89 Å². The largest absolute Gasteiger partial charge is 0.481 e. The molecule has 2 heterocycles. The van der Waals surface area contributed by atoms with E-state index in [0.29, 0.717) is 23.8 Å². The molecule has 0 unspecified atom stereocenters. The van der Waals surface area contributed by atoms with E-state index in [1.807, 2.05) is 6.07 Å². The van der Waals surface area contributed by atoms with Gasteiger partial charge in [-0.15, -0.1) is 0 Å². The molecule has 1 amide bonds. The van der Waals surface area contributed by atoms with E-state index in [4.69, 9.17) is 10.5 Å². The summed E-state index contributed by atoms with van der Waals surface area (Å²) in [6.45, 7) is 2.10. The molecule has 7 nitrogen and oxygen atoms in total. The number of aromatic nitrogens is 3. The maximum atomic E-state index is 11.9. The maximum Gasteiger partial charge on any atom is 0.274 e. The summed E-state index contributed by atoms with van der Waals surface area (Å²) in [5.74, 6) is 0.208. The third-order valence-electron chi connectivity index (χ3n) is 2.67. The number of nitrogens with one attached hydrogen (secondary N) is 2. The number of H-pyrrole nitrogens is 1. The minimum absolute atomic E-state index is 0.207. The van der Waals surface area contributed by atoms with Gasteiger partial charge in [-0.05, 0) is 12.5 Å². The summed E-state index contributed by atoms with van der Waals surface area (Å²) in [6, 6.07) is 3.56. The van der Waals surface area contributed by atoms with Crippen LogP contribution in [0.3, 0.4) is 0 Å². The van der Waals surface area contributed by atoms with Crippen molar-refractivity contribution in [1.82, 2.24) is 20.5 Å². The van der Waals surface area contributed by atoms with Gasteiger partial charge in [0.1, 0.15) is 0 Å². The Morgan fingerprint density at radius 1 is 1.53 bits per heavy atom. The van der Waals surface area contributed by atoms with Gasteiger partial charge in [-0.2, -0.15) is 5.10 Å². The molecule has 0 radical (unpaired) electrons. The Labute approximate surface area is 110 Å². The van der Waals surface area contributed by atoms with Gasteiger partial charge in [0.15, 0.2) is 5.69 Å². The molecule has 4 N–H and O–H groups in total. The van der Waals surface area contributed by atoms with Crippen molar-refractivity contribution >= 4 is 11.6 Å². The molecular formula is C12H15N5O2. The molecule has 0 fully saturated rings. The number of aromatic amines is 1. The molecule has 0 saturated heterocycles. The second-order valence-electron chi connectivity index (χ2n) is 4.00. The number of pyridine rings is 1. The Bertz CT molecular complexity index is 576. The maximum absolute atomic E-state index is 11.9. The van der Waals surface area contributed by atoms with E-state index in [1.54, 1.807) is 26.3 Å². The second-order valence-corrected chi connectivity index (χ2v) is 4.00. The Morgan fingerprint density at radius 2 is 2.32 bits per heavy atom. The first-order chi connectivity index (χ1) is 9.11. The average molecular weight is 261 g/mol. The lowest BCUT2D eigenvalue weighted by atomic mass is 10.2. The molecule has 2 aromatic heterocycles. The summed E-state index contributed by atoms with van der Waals surface area (Å²) < 4.78 is 4.95. The average Bonchev–Trinajstić information content (AvgIpc) is 2.77. The predicted octanol–water partition coefficient (Wildman–Crippen LogP) is 0.634. The molecule has 2 aromatic rings. The van der Waals surface area contributed by atoms with Crippen molar-refractivity contribution in [3.8, 4) is 5.88 Å². The summed E-state index contributed by atoms with van der Waals surface area (Å²) in [7, 11) is 1.55. The van der Waals surface area contributed by atoms with Crippen LogP contribution in [0.1, 0.15) is 21.7 Å². The van der Waals surface area contributed by atoms with Crippen molar-refractivity contribution in [2.24, 2.45) is 0 Å². The summed E-state index contributed by atoms with van der Waals surface area (Å²) in [6.07, 6.45) is 1.64. The number of nitrogens with two attached hydrogens (primary N) is 1. The fraction of sp³-hybridized carbons (Fsp3) is 0.250. The van der Waals surface area contributed by atoms with Gasteiger partial charge in [0, 0.05) is 18.8 Å². The number of anilines is 1. The monoisotopic (exact) mass is 261 g/mol. The van der Waals surface area contributed by atoms with Gasteiger partial charge in [0.2, 0.25) is 5.88 Å². The smallest absolute Gasteiger partial charge is 0.274 e. The summed E-state index contributed by atoms with van der Waals surface area (Å²) in [4.78, 5) is 15.9. The SMILES string of the molecule is COc1ccc(CNC(=O)c2n[nH]c(C)c2N)cn1. The van der Waals surface area contributed by atoms with Crippen molar-refractivity contribution in [3.63, 3.8) is 0 Å². The summed E-state index contributed by atoms with van der Waals surface area (Å²) in [5, 5.41) is 9.25. The van der Waals surface area contributed by atoms with Crippen LogP contribution in [0, 0.1) is 6.92 Å². The van der Waals surface area contributed by atoms with E-state index in [1.165, 1.54) is 0 Å². The Balaban J connectivity index is 1.98. The quantitative estimate of drug-likeness (QED) is 0.748. The van der Waals surface area contributed by atoms with Crippen LogP contribution in [0.15, 0.2) is 18.3 Å². The highest BCUT2D eigenvalue weighted by atomic mass is 16.5. The van der Waals surface area contributed by atoms with Gasteiger partial charge in [0.25, 0.3) is 5.91 Å². The second kappa shape index (κ2) is 5.38. The number of nitrogen functional groups attached to an aromatic ring is 1. The van der Waals surface area contributed by atoms with E-state index < -0.39 is 0 Å². The molecule has 0 saturated carbocycles. The highest BCUT2D eigenvalue weighted by Gasteiger charge is 2.14. The lowest BCUT2D eigenvalue weighted by Gasteiger charge is -2.04. The first-order valence-electron chi connectivity index (χ1n) is 5.69. The third-order valence-corrected chi connectivity index (χ3v) is 2.67. The number of methoxy groups -OCH3 is 1. The van der Waals surface area contributed by atoms with Gasteiger partial charge in [-0.25, -0.2) is 4.98 Å². The summed E-state index contributed by atoms with van der Waals surface area (Å²) in [5.41, 5.74) is 7.84. The molecule has 0 aliphatic heterocycles. The van der Waals surface area contributed by atoms with Crippen LogP contribution in [0.4, 0.5) is 5.69 Å². The minimum atomic E-state index is -0.322. The van der Waals surface area contributed by atoms with E-state index in [9.17, 15) is 4.79 Å². The zero-order chi connectivity index (χ0) is 13.8. The molecule has 0 aromatic carbocycles. The Morgan fingerprint density at radius 3 is 2.84 bits per heavy atom.